The number of hydrogen-bond acceptors (Lipinski definition) is 9. The average molecular weight is 319 g/mol. The van der Waals surface area contributed by atoms with Gasteiger partial charge in [-0.15, -0.1) is 10.2 Å². The molecule has 1 N–H and O–H groups in total. The molecule has 0 aromatic carbocycles. The summed E-state index contributed by atoms with van der Waals surface area (Å²) in [5, 5.41) is 12.4. The third kappa shape index (κ3) is 3.90. The van der Waals surface area contributed by atoms with Crippen LogP contribution >= 0.6 is 46.4 Å². The van der Waals surface area contributed by atoms with Crippen molar-refractivity contribution in [1.29, 1.82) is 0 Å². The van der Waals surface area contributed by atoms with Crippen molar-refractivity contribution >= 4 is 57.4 Å². The Morgan fingerprint density at radius 1 is 1.44 bits per heavy atom. The first kappa shape index (κ1) is 13.7. The second-order valence-electron chi connectivity index (χ2n) is 3.01. The molecule has 10 heteroatoms. The molecule has 2 aromatic rings. The number of carbonyl (C=O) groups is 1. The molecule has 0 aliphatic rings. The van der Waals surface area contributed by atoms with Crippen molar-refractivity contribution in [2.75, 3.05) is 17.3 Å². The summed E-state index contributed by atoms with van der Waals surface area (Å²) in [5.74, 6) is 0.179. The SMILES string of the molecule is CSc1nsc(SCC(=O)Nc2nnc(C)s2)n1. The van der Waals surface area contributed by atoms with Crippen molar-refractivity contribution in [3.8, 4) is 0 Å². The van der Waals surface area contributed by atoms with Gasteiger partial charge in [-0.2, -0.15) is 4.37 Å². The zero-order chi connectivity index (χ0) is 13.0. The van der Waals surface area contributed by atoms with E-state index in [2.05, 4.69) is 24.9 Å². The van der Waals surface area contributed by atoms with Gasteiger partial charge in [0.1, 0.15) is 5.01 Å². The molecule has 2 rings (SSSR count). The van der Waals surface area contributed by atoms with Gasteiger partial charge in [-0.25, -0.2) is 4.98 Å². The van der Waals surface area contributed by atoms with E-state index in [9.17, 15) is 4.79 Å². The maximum Gasteiger partial charge on any atom is 0.236 e. The molecule has 96 valence electrons. The summed E-state index contributed by atoms with van der Waals surface area (Å²) in [6, 6.07) is 0. The lowest BCUT2D eigenvalue weighted by atomic mass is 10.7. The van der Waals surface area contributed by atoms with Gasteiger partial charge in [-0.05, 0) is 24.7 Å². The number of rotatable bonds is 5. The molecular formula is C8H9N5OS4. The van der Waals surface area contributed by atoms with E-state index in [4.69, 9.17) is 0 Å². The Kier molecular flexibility index (Phi) is 4.92. The van der Waals surface area contributed by atoms with Crippen LogP contribution in [-0.4, -0.2) is 37.5 Å². The lowest BCUT2D eigenvalue weighted by molar-refractivity contribution is -0.113. The molecule has 0 radical (unpaired) electrons. The lowest BCUT2D eigenvalue weighted by Gasteiger charge is -1.98. The molecule has 0 aliphatic carbocycles. The fraction of sp³-hybridized carbons (Fsp3) is 0.375. The fourth-order valence-corrected chi connectivity index (χ4v) is 3.59. The van der Waals surface area contributed by atoms with Crippen LogP contribution in [0.15, 0.2) is 9.50 Å². The molecule has 0 bridgehead atoms. The molecule has 0 spiro atoms. The Bertz CT molecular complexity index is 539. The zero-order valence-corrected chi connectivity index (χ0v) is 12.8. The molecule has 0 atom stereocenters. The quantitative estimate of drug-likeness (QED) is 0.846. The highest BCUT2D eigenvalue weighted by atomic mass is 32.2. The van der Waals surface area contributed by atoms with Crippen molar-refractivity contribution in [3.05, 3.63) is 5.01 Å². The maximum atomic E-state index is 11.6. The van der Waals surface area contributed by atoms with Gasteiger partial charge in [0.2, 0.25) is 16.2 Å². The van der Waals surface area contributed by atoms with E-state index in [0.717, 1.165) is 14.5 Å². The van der Waals surface area contributed by atoms with Gasteiger partial charge >= 0.3 is 0 Å². The summed E-state index contributed by atoms with van der Waals surface area (Å²) in [5.41, 5.74) is 0. The van der Waals surface area contributed by atoms with E-state index < -0.39 is 0 Å². The minimum absolute atomic E-state index is 0.114. The lowest BCUT2D eigenvalue weighted by Crippen LogP contribution is -2.13. The van der Waals surface area contributed by atoms with E-state index in [1.54, 1.807) is 0 Å². The fourth-order valence-electron chi connectivity index (χ4n) is 0.968. The standard InChI is InChI=1S/C8H9N5OS4/c1-4-11-12-6(17-4)9-5(14)3-16-8-10-7(15-2)13-18-8/h3H2,1-2H3,(H,9,12,14). The second kappa shape index (κ2) is 6.45. The molecule has 1 amide bonds. The maximum absolute atomic E-state index is 11.6. The second-order valence-corrected chi connectivity index (χ2v) is 6.94. The number of amides is 1. The third-order valence-electron chi connectivity index (χ3n) is 1.67. The zero-order valence-electron chi connectivity index (χ0n) is 9.54. The first-order valence-corrected chi connectivity index (χ1v) is 8.58. The van der Waals surface area contributed by atoms with Crippen LogP contribution in [0.4, 0.5) is 5.13 Å². The van der Waals surface area contributed by atoms with E-state index in [-0.39, 0.29) is 5.91 Å². The Morgan fingerprint density at radius 3 is 2.89 bits per heavy atom. The van der Waals surface area contributed by atoms with Gasteiger partial charge in [-0.3, -0.25) is 10.1 Å². The van der Waals surface area contributed by atoms with E-state index in [1.165, 1.54) is 46.4 Å². The Labute approximate surface area is 120 Å². The Hall–Kier alpha value is -0.710. The topological polar surface area (TPSA) is 80.7 Å². The molecule has 2 aromatic heterocycles. The van der Waals surface area contributed by atoms with Crippen LogP contribution in [0, 0.1) is 6.92 Å². The molecular weight excluding hydrogens is 310 g/mol. The monoisotopic (exact) mass is 319 g/mol. The summed E-state index contributed by atoms with van der Waals surface area (Å²) >= 11 is 5.51. The highest BCUT2D eigenvalue weighted by Crippen LogP contribution is 2.23. The molecule has 2 heterocycles. The number of aromatic nitrogens is 4. The smallest absolute Gasteiger partial charge is 0.236 e. The van der Waals surface area contributed by atoms with Crippen LogP contribution < -0.4 is 5.32 Å². The highest BCUT2D eigenvalue weighted by Gasteiger charge is 2.09. The number of nitrogens with one attached hydrogen (secondary N) is 1. The number of carbonyl (C=O) groups excluding carboxylic acids is 1. The molecule has 18 heavy (non-hydrogen) atoms. The summed E-state index contributed by atoms with van der Waals surface area (Å²) in [4.78, 5) is 15.9. The molecule has 0 saturated carbocycles. The van der Waals surface area contributed by atoms with Crippen LogP contribution in [0.1, 0.15) is 5.01 Å². The summed E-state index contributed by atoms with van der Waals surface area (Å²) in [7, 11) is 0. The first-order valence-electron chi connectivity index (χ1n) is 4.78. The molecule has 0 saturated heterocycles. The van der Waals surface area contributed by atoms with E-state index >= 15 is 0 Å². The van der Waals surface area contributed by atoms with E-state index in [1.807, 2.05) is 13.2 Å². The van der Waals surface area contributed by atoms with Crippen LogP contribution in [0.5, 0.6) is 0 Å². The van der Waals surface area contributed by atoms with Crippen molar-refractivity contribution < 1.29 is 4.79 Å². The van der Waals surface area contributed by atoms with Gasteiger partial charge in [-0.1, -0.05) is 34.9 Å². The number of thioether (sulfide) groups is 2. The third-order valence-corrected chi connectivity index (χ3v) is 4.92. The normalized spacial score (nSPS) is 10.6. The van der Waals surface area contributed by atoms with Gasteiger partial charge in [0.25, 0.3) is 0 Å². The first-order chi connectivity index (χ1) is 8.67. The van der Waals surface area contributed by atoms with Gasteiger partial charge in [0.05, 0.1) is 5.75 Å². The molecule has 0 unspecified atom stereocenters. The number of hydrogen-bond donors (Lipinski definition) is 1. The summed E-state index contributed by atoms with van der Waals surface area (Å²) in [6.45, 7) is 1.84. The number of nitrogens with zero attached hydrogens (tertiary/aromatic N) is 4. The van der Waals surface area contributed by atoms with Crippen LogP contribution in [0.25, 0.3) is 0 Å². The van der Waals surface area contributed by atoms with Gasteiger partial charge in [0.15, 0.2) is 4.34 Å². The minimum Gasteiger partial charge on any atom is -0.300 e. The van der Waals surface area contributed by atoms with Crippen molar-refractivity contribution in [1.82, 2.24) is 19.6 Å². The molecule has 6 nitrogen and oxygen atoms in total. The van der Waals surface area contributed by atoms with Crippen molar-refractivity contribution in [2.45, 2.75) is 16.4 Å². The minimum atomic E-state index is -0.114. The summed E-state index contributed by atoms with van der Waals surface area (Å²) < 4.78 is 4.92. The highest BCUT2D eigenvalue weighted by molar-refractivity contribution is 8.01. The van der Waals surface area contributed by atoms with Crippen molar-refractivity contribution in [3.63, 3.8) is 0 Å². The van der Waals surface area contributed by atoms with Crippen LogP contribution in [-0.2, 0) is 4.79 Å². The van der Waals surface area contributed by atoms with Gasteiger partial charge < -0.3 is 0 Å². The number of aryl methyl sites for hydroxylation is 1. The Balaban J connectivity index is 1.81. The summed E-state index contributed by atoms with van der Waals surface area (Å²) in [6.07, 6.45) is 1.92. The predicted molar refractivity (Wildman–Crippen MR) is 75.7 cm³/mol. The predicted octanol–water partition coefficient (Wildman–Crippen LogP) is 2.15. The Morgan fingerprint density at radius 2 is 2.28 bits per heavy atom. The van der Waals surface area contributed by atoms with Crippen molar-refractivity contribution in [2.24, 2.45) is 0 Å². The van der Waals surface area contributed by atoms with Gasteiger partial charge in [0, 0.05) is 0 Å². The van der Waals surface area contributed by atoms with Crippen LogP contribution in [0.3, 0.4) is 0 Å². The molecule has 0 fully saturated rings. The number of anilines is 1. The van der Waals surface area contributed by atoms with Crippen LogP contribution in [0.2, 0.25) is 0 Å². The average Bonchev–Trinajstić information content (AvgIpc) is 2.95. The largest absolute Gasteiger partial charge is 0.300 e. The van der Waals surface area contributed by atoms with E-state index in [0.29, 0.717) is 10.9 Å². The molecule has 0 aliphatic heterocycles.